The van der Waals surface area contributed by atoms with Crippen LogP contribution in [0, 0.1) is 6.92 Å². The first-order chi connectivity index (χ1) is 9.69. The van der Waals surface area contributed by atoms with Gasteiger partial charge in [-0.15, -0.1) is 0 Å². The van der Waals surface area contributed by atoms with Crippen LogP contribution in [0.3, 0.4) is 0 Å². The fraction of sp³-hybridized carbons (Fsp3) is 0.0769. The number of nitrogens with one attached hydrogen (secondary N) is 1. The first kappa shape index (κ1) is 16.2. The zero-order valence-corrected chi connectivity index (χ0v) is 13.9. The predicted octanol–water partition coefficient (Wildman–Crippen LogP) is 4.34. The van der Waals surface area contributed by atoms with Crippen LogP contribution in [-0.4, -0.2) is 8.42 Å². The molecule has 0 fully saturated rings. The van der Waals surface area contributed by atoms with E-state index in [4.69, 9.17) is 40.5 Å². The summed E-state index contributed by atoms with van der Waals surface area (Å²) in [6.45, 7) is 1.60. The first-order valence-electron chi connectivity index (χ1n) is 5.73. The number of benzene rings is 2. The SMILES string of the molecule is Cc1c(N)cc(Cl)cc1S(=O)(=O)Nc1cc(Cl)cc(Cl)c1. The molecule has 0 aromatic heterocycles. The molecule has 0 aliphatic rings. The van der Waals surface area contributed by atoms with E-state index in [0.29, 0.717) is 21.3 Å². The molecule has 0 amide bonds. The van der Waals surface area contributed by atoms with E-state index in [9.17, 15) is 8.42 Å². The zero-order chi connectivity index (χ0) is 15.8. The van der Waals surface area contributed by atoms with Crippen LogP contribution in [0.5, 0.6) is 0 Å². The van der Waals surface area contributed by atoms with Gasteiger partial charge in [0.1, 0.15) is 0 Å². The van der Waals surface area contributed by atoms with Crippen LogP contribution >= 0.6 is 34.8 Å². The van der Waals surface area contributed by atoms with E-state index in [1.165, 1.54) is 30.3 Å². The van der Waals surface area contributed by atoms with Crippen molar-refractivity contribution in [3.05, 3.63) is 51.0 Å². The van der Waals surface area contributed by atoms with Crippen LogP contribution < -0.4 is 10.5 Å². The average molecular weight is 366 g/mol. The molecule has 0 saturated heterocycles. The molecule has 0 radical (unpaired) electrons. The highest BCUT2D eigenvalue weighted by Gasteiger charge is 2.19. The van der Waals surface area contributed by atoms with Crippen molar-refractivity contribution < 1.29 is 8.42 Å². The summed E-state index contributed by atoms with van der Waals surface area (Å²) in [6, 6.07) is 7.24. The van der Waals surface area contributed by atoms with Gasteiger partial charge in [0.25, 0.3) is 10.0 Å². The minimum atomic E-state index is -3.85. The van der Waals surface area contributed by atoms with Gasteiger partial charge in [-0.25, -0.2) is 8.42 Å². The number of sulfonamides is 1. The van der Waals surface area contributed by atoms with Crippen LogP contribution in [-0.2, 0) is 10.0 Å². The minimum absolute atomic E-state index is 0.00333. The highest BCUT2D eigenvalue weighted by atomic mass is 35.5. The van der Waals surface area contributed by atoms with Crippen molar-refractivity contribution in [1.82, 2.24) is 0 Å². The van der Waals surface area contributed by atoms with Crippen molar-refractivity contribution in [2.45, 2.75) is 11.8 Å². The second kappa shape index (κ2) is 5.93. The van der Waals surface area contributed by atoms with Gasteiger partial charge in [-0.3, -0.25) is 4.72 Å². The number of anilines is 2. The Morgan fingerprint density at radius 1 is 0.952 bits per heavy atom. The van der Waals surface area contributed by atoms with Crippen LogP contribution in [0.25, 0.3) is 0 Å². The molecule has 112 valence electrons. The third kappa shape index (κ3) is 3.74. The normalized spacial score (nSPS) is 11.4. The fourth-order valence-corrected chi connectivity index (χ4v) is 3.93. The molecular formula is C13H11Cl3N2O2S. The molecular weight excluding hydrogens is 355 g/mol. The first-order valence-corrected chi connectivity index (χ1v) is 8.35. The van der Waals surface area contributed by atoms with Crippen molar-refractivity contribution in [2.24, 2.45) is 0 Å². The molecule has 8 heteroatoms. The van der Waals surface area contributed by atoms with E-state index in [2.05, 4.69) is 4.72 Å². The third-order valence-electron chi connectivity index (χ3n) is 2.77. The van der Waals surface area contributed by atoms with Crippen molar-refractivity contribution in [2.75, 3.05) is 10.5 Å². The molecule has 0 spiro atoms. The number of halogens is 3. The van der Waals surface area contributed by atoms with Crippen LogP contribution in [0.2, 0.25) is 15.1 Å². The molecule has 2 aromatic carbocycles. The lowest BCUT2D eigenvalue weighted by atomic mass is 10.2. The van der Waals surface area contributed by atoms with Crippen molar-refractivity contribution in [1.29, 1.82) is 0 Å². The summed E-state index contributed by atoms with van der Waals surface area (Å²) in [7, 11) is -3.85. The topological polar surface area (TPSA) is 72.2 Å². The lowest BCUT2D eigenvalue weighted by molar-refractivity contribution is 0.600. The Kier molecular flexibility index (Phi) is 4.58. The molecule has 0 heterocycles. The number of nitrogen functional groups attached to an aromatic ring is 1. The fourth-order valence-electron chi connectivity index (χ4n) is 1.78. The predicted molar refractivity (Wildman–Crippen MR) is 87.9 cm³/mol. The largest absolute Gasteiger partial charge is 0.398 e. The maximum Gasteiger partial charge on any atom is 0.262 e. The van der Waals surface area contributed by atoms with Gasteiger partial charge in [0.15, 0.2) is 0 Å². The number of hydrogen-bond donors (Lipinski definition) is 2. The average Bonchev–Trinajstić information content (AvgIpc) is 2.31. The molecule has 0 aliphatic carbocycles. The minimum Gasteiger partial charge on any atom is -0.398 e. The van der Waals surface area contributed by atoms with E-state index < -0.39 is 10.0 Å². The van der Waals surface area contributed by atoms with Gasteiger partial charge in [-0.2, -0.15) is 0 Å². The highest BCUT2D eigenvalue weighted by molar-refractivity contribution is 7.92. The number of nitrogens with two attached hydrogens (primary N) is 1. The van der Waals surface area contributed by atoms with Crippen molar-refractivity contribution >= 4 is 56.2 Å². The van der Waals surface area contributed by atoms with Gasteiger partial charge in [-0.05, 0) is 42.8 Å². The molecule has 21 heavy (non-hydrogen) atoms. The molecule has 4 nitrogen and oxygen atoms in total. The van der Waals surface area contributed by atoms with E-state index in [0.717, 1.165) is 0 Å². The van der Waals surface area contributed by atoms with Gasteiger partial charge >= 0.3 is 0 Å². The zero-order valence-electron chi connectivity index (χ0n) is 10.8. The van der Waals surface area contributed by atoms with Gasteiger partial charge in [0.05, 0.1) is 10.6 Å². The van der Waals surface area contributed by atoms with Crippen LogP contribution in [0.4, 0.5) is 11.4 Å². The monoisotopic (exact) mass is 364 g/mol. The Morgan fingerprint density at radius 2 is 1.48 bits per heavy atom. The second-order valence-corrected chi connectivity index (χ2v) is 7.34. The molecule has 3 N–H and O–H groups in total. The summed E-state index contributed by atoms with van der Waals surface area (Å²) >= 11 is 17.6. The highest BCUT2D eigenvalue weighted by Crippen LogP contribution is 2.29. The molecule has 0 aliphatic heterocycles. The van der Waals surface area contributed by atoms with E-state index in [1.807, 2.05) is 0 Å². The van der Waals surface area contributed by atoms with Gasteiger partial charge in [0.2, 0.25) is 0 Å². The molecule has 0 unspecified atom stereocenters. The summed E-state index contributed by atoms with van der Waals surface area (Å²) in [5.41, 5.74) is 6.71. The van der Waals surface area contributed by atoms with E-state index in [-0.39, 0.29) is 15.6 Å². The van der Waals surface area contributed by atoms with E-state index >= 15 is 0 Å². The Labute approximate surface area is 137 Å². The maximum atomic E-state index is 12.4. The summed E-state index contributed by atoms with van der Waals surface area (Å²) < 4.78 is 27.3. The molecule has 0 bridgehead atoms. The molecule has 0 atom stereocenters. The van der Waals surface area contributed by atoms with E-state index in [1.54, 1.807) is 6.92 Å². The van der Waals surface area contributed by atoms with Crippen molar-refractivity contribution in [3.63, 3.8) is 0 Å². The standard InChI is InChI=1S/C13H11Cl3N2O2S/c1-7-12(17)5-10(16)6-13(7)21(19,20)18-11-3-8(14)2-9(15)4-11/h2-6,18H,17H2,1H3. The van der Waals surface area contributed by atoms with Crippen molar-refractivity contribution in [3.8, 4) is 0 Å². The van der Waals surface area contributed by atoms with Gasteiger partial charge in [-0.1, -0.05) is 34.8 Å². The molecule has 2 rings (SSSR count). The van der Waals surface area contributed by atoms with Gasteiger partial charge in [0, 0.05) is 20.8 Å². The summed E-state index contributed by atoms with van der Waals surface area (Å²) in [4.78, 5) is 0.00333. The number of hydrogen-bond acceptors (Lipinski definition) is 3. The quantitative estimate of drug-likeness (QED) is 0.795. The number of rotatable bonds is 3. The smallest absolute Gasteiger partial charge is 0.262 e. The second-order valence-electron chi connectivity index (χ2n) is 4.38. The Morgan fingerprint density at radius 3 is 2.05 bits per heavy atom. The third-order valence-corrected chi connectivity index (χ3v) is 4.93. The maximum absolute atomic E-state index is 12.4. The molecule has 0 saturated carbocycles. The lowest BCUT2D eigenvalue weighted by Crippen LogP contribution is -2.15. The molecule has 2 aromatic rings. The van der Waals surface area contributed by atoms with Crippen LogP contribution in [0.15, 0.2) is 35.2 Å². The Bertz CT molecular complexity index is 787. The lowest BCUT2D eigenvalue weighted by Gasteiger charge is -2.13. The summed E-state index contributed by atoms with van der Waals surface area (Å²) in [6.07, 6.45) is 0. The Balaban J connectivity index is 2.48. The Hall–Kier alpha value is -1.14. The summed E-state index contributed by atoms with van der Waals surface area (Å²) in [5, 5.41) is 0.882. The van der Waals surface area contributed by atoms with Gasteiger partial charge < -0.3 is 5.73 Å². The van der Waals surface area contributed by atoms with Crippen LogP contribution in [0.1, 0.15) is 5.56 Å². The summed E-state index contributed by atoms with van der Waals surface area (Å²) in [5.74, 6) is 0.